The van der Waals surface area contributed by atoms with Crippen LogP contribution in [0.2, 0.25) is 10.0 Å². The van der Waals surface area contributed by atoms with Gasteiger partial charge in [0.1, 0.15) is 0 Å². The number of carbonyl (C=O) groups excluding carboxylic acids is 2. The van der Waals surface area contributed by atoms with Crippen molar-refractivity contribution in [3.05, 3.63) is 33.8 Å². The van der Waals surface area contributed by atoms with E-state index >= 15 is 0 Å². The maximum absolute atomic E-state index is 11.8. The third-order valence-corrected chi connectivity index (χ3v) is 3.47. The molecule has 1 atom stereocenters. The van der Waals surface area contributed by atoms with Crippen molar-refractivity contribution in [3.8, 4) is 0 Å². The second kappa shape index (κ2) is 4.20. The maximum atomic E-state index is 11.8. The molecule has 1 aliphatic rings. The summed E-state index contributed by atoms with van der Waals surface area (Å²) in [7, 11) is 0. The number of ether oxygens (including phenoxy) is 1. The summed E-state index contributed by atoms with van der Waals surface area (Å²) in [6.45, 7) is 1.75. The Morgan fingerprint density at radius 1 is 1.29 bits per heavy atom. The predicted octanol–water partition coefficient (Wildman–Crippen LogP) is 2.87. The van der Waals surface area contributed by atoms with Gasteiger partial charge in [-0.3, -0.25) is 10.1 Å². The van der Waals surface area contributed by atoms with Gasteiger partial charge < -0.3 is 4.74 Å². The number of halogens is 2. The zero-order valence-corrected chi connectivity index (χ0v) is 10.4. The number of amides is 2. The van der Waals surface area contributed by atoms with Crippen molar-refractivity contribution < 1.29 is 14.3 Å². The largest absolute Gasteiger partial charge is 0.428 e. The number of alkyl carbamates (subject to hydrolysis) is 1. The quantitative estimate of drug-likeness (QED) is 0.902. The number of rotatable bonds is 2. The van der Waals surface area contributed by atoms with E-state index in [4.69, 9.17) is 27.9 Å². The lowest BCUT2D eigenvalue weighted by molar-refractivity contribution is -0.132. The molecule has 1 aliphatic heterocycles. The SMILES string of the molecule is CCC1(c2ccc(Cl)c(Cl)c2)OC(=O)NC1=O. The molecule has 6 heteroatoms. The first-order chi connectivity index (χ1) is 7.99. The Kier molecular flexibility index (Phi) is 3.02. The first kappa shape index (κ1) is 12.2. The van der Waals surface area contributed by atoms with Gasteiger partial charge in [-0.05, 0) is 18.6 Å². The molecule has 0 saturated carbocycles. The Morgan fingerprint density at radius 2 is 2.00 bits per heavy atom. The molecule has 0 radical (unpaired) electrons. The minimum Gasteiger partial charge on any atom is -0.428 e. The van der Waals surface area contributed by atoms with Crippen LogP contribution in [0.3, 0.4) is 0 Å². The van der Waals surface area contributed by atoms with Gasteiger partial charge in [0.15, 0.2) is 0 Å². The van der Waals surface area contributed by atoms with Crippen LogP contribution in [0.5, 0.6) is 0 Å². The van der Waals surface area contributed by atoms with Crippen LogP contribution in [0.1, 0.15) is 18.9 Å². The number of carbonyl (C=O) groups is 2. The fourth-order valence-electron chi connectivity index (χ4n) is 1.80. The molecule has 1 aromatic carbocycles. The van der Waals surface area contributed by atoms with Crippen LogP contribution < -0.4 is 5.32 Å². The number of benzene rings is 1. The van der Waals surface area contributed by atoms with Gasteiger partial charge in [0.2, 0.25) is 5.60 Å². The lowest BCUT2D eigenvalue weighted by Gasteiger charge is -2.23. The summed E-state index contributed by atoms with van der Waals surface area (Å²) in [6.07, 6.45) is -0.425. The number of nitrogens with one attached hydrogen (secondary N) is 1. The highest BCUT2D eigenvalue weighted by molar-refractivity contribution is 6.42. The molecule has 1 aromatic rings. The topological polar surface area (TPSA) is 55.4 Å². The molecule has 0 bridgehead atoms. The first-order valence-corrected chi connectivity index (χ1v) is 5.75. The molecule has 4 nitrogen and oxygen atoms in total. The minimum absolute atomic E-state index is 0.313. The minimum atomic E-state index is -1.30. The van der Waals surface area contributed by atoms with Crippen LogP contribution in [0.25, 0.3) is 0 Å². The highest BCUT2D eigenvalue weighted by Crippen LogP contribution is 2.36. The zero-order valence-electron chi connectivity index (χ0n) is 8.92. The average molecular weight is 274 g/mol. The lowest BCUT2D eigenvalue weighted by atomic mass is 9.90. The van der Waals surface area contributed by atoms with Crippen molar-refractivity contribution in [2.45, 2.75) is 18.9 Å². The maximum Gasteiger partial charge on any atom is 0.415 e. The summed E-state index contributed by atoms with van der Waals surface area (Å²) < 4.78 is 5.09. The van der Waals surface area contributed by atoms with E-state index in [2.05, 4.69) is 5.32 Å². The van der Waals surface area contributed by atoms with Crippen LogP contribution in [0.15, 0.2) is 18.2 Å². The van der Waals surface area contributed by atoms with Gasteiger partial charge in [-0.2, -0.15) is 0 Å². The van der Waals surface area contributed by atoms with E-state index < -0.39 is 17.6 Å². The Bertz CT molecular complexity index is 503. The number of imide groups is 1. The van der Waals surface area contributed by atoms with Crippen molar-refractivity contribution in [3.63, 3.8) is 0 Å². The van der Waals surface area contributed by atoms with Crippen LogP contribution in [-0.2, 0) is 15.1 Å². The van der Waals surface area contributed by atoms with E-state index in [9.17, 15) is 9.59 Å². The third kappa shape index (κ3) is 1.87. The number of cyclic esters (lactones) is 1. The van der Waals surface area contributed by atoms with Crippen LogP contribution >= 0.6 is 23.2 Å². The monoisotopic (exact) mass is 273 g/mol. The van der Waals surface area contributed by atoms with E-state index in [0.29, 0.717) is 22.0 Å². The highest BCUT2D eigenvalue weighted by Gasteiger charge is 2.49. The first-order valence-electron chi connectivity index (χ1n) is 4.99. The molecule has 2 rings (SSSR count). The van der Waals surface area contributed by atoms with Gasteiger partial charge in [-0.15, -0.1) is 0 Å². The van der Waals surface area contributed by atoms with Crippen molar-refractivity contribution in [1.82, 2.24) is 5.32 Å². The Hall–Kier alpha value is -1.26. The Labute approximate surface area is 108 Å². The summed E-state index contributed by atoms with van der Waals surface area (Å²) in [4.78, 5) is 22.9. The molecule has 1 saturated heterocycles. The van der Waals surface area contributed by atoms with E-state index in [0.717, 1.165) is 0 Å². The molecule has 0 aliphatic carbocycles. The Morgan fingerprint density at radius 3 is 2.47 bits per heavy atom. The molecule has 90 valence electrons. The molecule has 1 N–H and O–H groups in total. The molecule has 0 aromatic heterocycles. The molecule has 2 amide bonds. The van der Waals surface area contributed by atoms with Crippen molar-refractivity contribution in [2.75, 3.05) is 0 Å². The zero-order chi connectivity index (χ0) is 12.6. The average Bonchev–Trinajstić information content (AvgIpc) is 2.58. The molecule has 1 fully saturated rings. The van der Waals surface area contributed by atoms with E-state index in [1.807, 2.05) is 0 Å². The van der Waals surface area contributed by atoms with Gasteiger partial charge in [0, 0.05) is 5.56 Å². The lowest BCUT2D eigenvalue weighted by Crippen LogP contribution is -2.35. The van der Waals surface area contributed by atoms with Gasteiger partial charge in [-0.1, -0.05) is 36.2 Å². The van der Waals surface area contributed by atoms with Gasteiger partial charge >= 0.3 is 6.09 Å². The van der Waals surface area contributed by atoms with Crippen LogP contribution in [0, 0.1) is 0 Å². The van der Waals surface area contributed by atoms with Crippen molar-refractivity contribution in [1.29, 1.82) is 0 Å². The second-order valence-electron chi connectivity index (χ2n) is 3.65. The van der Waals surface area contributed by atoms with Gasteiger partial charge in [-0.25, -0.2) is 4.79 Å². The van der Waals surface area contributed by atoms with E-state index in [-0.39, 0.29) is 0 Å². The predicted molar refractivity (Wildman–Crippen MR) is 63.1 cm³/mol. The second-order valence-corrected chi connectivity index (χ2v) is 4.47. The van der Waals surface area contributed by atoms with Gasteiger partial charge in [0.05, 0.1) is 10.0 Å². The Balaban J connectivity index is 2.52. The standard InChI is InChI=1S/C11H9Cl2NO3/c1-2-11(9(15)14-10(16)17-11)6-3-4-7(12)8(13)5-6/h3-5H,2H2,1H3,(H,14,15,16). The molecular formula is C11H9Cl2NO3. The molecule has 0 spiro atoms. The van der Waals surface area contributed by atoms with Crippen LogP contribution in [-0.4, -0.2) is 12.0 Å². The fourth-order valence-corrected chi connectivity index (χ4v) is 2.10. The summed E-state index contributed by atoms with van der Waals surface area (Å²) in [6, 6.07) is 4.72. The number of hydrogen-bond acceptors (Lipinski definition) is 3. The van der Waals surface area contributed by atoms with Gasteiger partial charge in [0.25, 0.3) is 5.91 Å². The summed E-state index contributed by atoms with van der Waals surface area (Å²) >= 11 is 11.7. The third-order valence-electron chi connectivity index (χ3n) is 2.73. The summed E-state index contributed by atoms with van der Waals surface area (Å²) in [5, 5.41) is 2.81. The van der Waals surface area contributed by atoms with Crippen molar-refractivity contribution in [2.24, 2.45) is 0 Å². The van der Waals surface area contributed by atoms with E-state index in [1.165, 1.54) is 6.07 Å². The highest BCUT2D eigenvalue weighted by atomic mass is 35.5. The summed E-state index contributed by atoms with van der Waals surface area (Å²) in [5.41, 5.74) is -0.788. The molecule has 1 heterocycles. The number of hydrogen-bond donors (Lipinski definition) is 1. The summed E-state index contributed by atoms with van der Waals surface area (Å²) in [5.74, 6) is -0.483. The fraction of sp³-hybridized carbons (Fsp3) is 0.273. The normalized spacial score (nSPS) is 23.5. The smallest absolute Gasteiger partial charge is 0.415 e. The van der Waals surface area contributed by atoms with Crippen LogP contribution in [0.4, 0.5) is 4.79 Å². The van der Waals surface area contributed by atoms with Crippen molar-refractivity contribution >= 4 is 35.2 Å². The van der Waals surface area contributed by atoms with E-state index in [1.54, 1.807) is 19.1 Å². The molecule has 1 unspecified atom stereocenters. The molecular weight excluding hydrogens is 265 g/mol. The molecule has 17 heavy (non-hydrogen) atoms.